The molecule has 6 nitrogen and oxygen atoms in total. The van der Waals surface area contributed by atoms with Crippen LogP contribution in [0, 0.1) is 6.92 Å². The topological polar surface area (TPSA) is 73.6 Å². The van der Waals surface area contributed by atoms with Crippen LogP contribution in [0.3, 0.4) is 0 Å². The van der Waals surface area contributed by atoms with E-state index in [9.17, 15) is 18.0 Å². The Kier molecular flexibility index (Phi) is 5.25. The van der Waals surface area contributed by atoms with Gasteiger partial charge in [-0.25, -0.2) is 0 Å². The van der Waals surface area contributed by atoms with Crippen LogP contribution >= 0.6 is 0 Å². The van der Waals surface area contributed by atoms with E-state index in [0.717, 1.165) is 18.2 Å². The summed E-state index contributed by atoms with van der Waals surface area (Å²) < 4.78 is 54.9. The average Bonchev–Trinajstić information content (AvgIpc) is 3.09. The zero-order chi connectivity index (χ0) is 20.3. The second-order valence-corrected chi connectivity index (χ2v) is 5.78. The molecule has 0 aliphatic carbocycles. The normalized spacial score (nSPS) is 11.2. The summed E-state index contributed by atoms with van der Waals surface area (Å²) >= 11 is 0. The van der Waals surface area contributed by atoms with Crippen molar-refractivity contribution in [1.29, 1.82) is 0 Å². The highest BCUT2D eigenvalue weighted by atomic mass is 19.4. The average molecular weight is 392 g/mol. The van der Waals surface area contributed by atoms with Crippen molar-refractivity contribution in [2.24, 2.45) is 0 Å². The molecule has 1 aromatic heterocycles. The number of hydrogen-bond donors (Lipinski definition) is 1. The molecule has 0 saturated heterocycles. The molecule has 0 fully saturated rings. The Morgan fingerprint density at radius 3 is 2.50 bits per heavy atom. The molecule has 0 saturated carbocycles. The number of methoxy groups -OCH3 is 1. The summed E-state index contributed by atoms with van der Waals surface area (Å²) in [5.41, 5.74) is -0.645. The molecule has 28 heavy (non-hydrogen) atoms. The molecule has 0 unspecified atom stereocenters. The zero-order valence-electron chi connectivity index (χ0n) is 14.8. The van der Waals surface area contributed by atoms with Crippen LogP contribution in [0.4, 0.5) is 18.9 Å². The van der Waals surface area contributed by atoms with Gasteiger partial charge in [-0.05, 0) is 37.3 Å². The van der Waals surface area contributed by atoms with Crippen molar-refractivity contribution in [1.82, 2.24) is 5.16 Å². The van der Waals surface area contributed by atoms with E-state index in [-0.39, 0.29) is 17.2 Å². The fraction of sp³-hybridized carbons (Fsp3) is 0.158. The number of hydrogen-bond acceptors (Lipinski definition) is 5. The number of aromatic nitrogens is 1. The van der Waals surface area contributed by atoms with Gasteiger partial charge in [0.2, 0.25) is 5.76 Å². The third-order valence-corrected chi connectivity index (χ3v) is 3.68. The number of halogens is 3. The second-order valence-electron chi connectivity index (χ2n) is 5.78. The van der Waals surface area contributed by atoms with Gasteiger partial charge in [0.15, 0.2) is 5.75 Å². The SMILES string of the molecule is COc1cccc(Oc2ccc(C(F)(F)F)cc2NC(=O)c2cc(C)no2)c1. The summed E-state index contributed by atoms with van der Waals surface area (Å²) in [7, 11) is 1.47. The Hall–Kier alpha value is -3.49. The number of rotatable bonds is 5. The number of amides is 1. The summed E-state index contributed by atoms with van der Waals surface area (Å²) in [6, 6.07) is 10.7. The van der Waals surface area contributed by atoms with E-state index in [4.69, 9.17) is 14.0 Å². The van der Waals surface area contributed by atoms with Crippen molar-refractivity contribution in [3.63, 3.8) is 0 Å². The molecule has 0 atom stereocenters. The molecule has 1 N–H and O–H groups in total. The van der Waals surface area contributed by atoms with Crippen LogP contribution in [0.1, 0.15) is 21.8 Å². The third-order valence-electron chi connectivity index (χ3n) is 3.68. The van der Waals surface area contributed by atoms with Gasteiger partial charge >= 0.3 is 6.18 Å². The molecule has 2 aromatic carbocycles. The van der Waals surface area contributed by atoms with Gasteiger partial charge in [0.1, 0.15) is 11.5 Å². The van der Waals surface area contributed by atoms with Crippen molar-refractivity contribution in [2.45, 2.75) is 13.1 Å². The highest BCUT2D eigenvalue weighted by molar-refractivity contribution is 6.03. The third kappa shape index (κ3) is 4.43. The summed E-state index contributed by atoms with van der Waals surface area (Å²) in [6.45, 7) is 1.61. The molecule has 3 rings (SSSR count). The fourth-order valence-corrected chi connectivity index (χ4v) is 2.34. The van der Waals surface area contributed by atoms with Gasteiger partial charge in [-0.15, -0.1) is 0 Å². The number of carbonyl (C=O) groups excluding carboxylic acids is 1. The Labute approximate surface area is 157 Å². The number of ether oxygens (including phenoxy) is 2. The number of carbonyl (C=O) groups is 1. The summed E-state index contributed by atoms with van der Waals surface area (Å²) in [5.74, 6) is -0.0410. The first-order valence-corrected chi connectivity index (χ1v) is 8.04. The van der Waals surface area contributed by atoms with E-state index in [1.807, 2.05) is 0 Å². The lowest BCUT2D eigenvalue weighted by Gasteiger charge is -2.15. The van der Waals surface area contributed by atoms with Crippen molar-refractivity contribution < 1.29 is 32.0 Å². The molecule has 0 aliphatic heterocycles. The van der Waals surface area contributed by atoms with Crippen molar-refractivity contribution in [3.05, 3.63) is 65.5 Å². The first-order valence-electron chi connectivity index (χ1n) is 8.04. The summed E-state index contributed by atoms with van der Waals surface area (Å²) in [5, 5.41) is 5.96. The van der Waals surface area contributed by atoms with Crippen LogP contribution in [-0.2, 0) is 6.18 Å². The Morgan fingerprint density at radius 2 is 1.86 bits per heavy atom. The highest BCUT2D eigenvalue weighted by Gasteiger charge is 2.31. The molecule has 0 spiro atoms. The van der Waals surface area contributed by atoms with E-state index in [2.05, 4.69) is 10.5 Å². The molecule has 3 aromatic rings. The second kappa shape index (κ2) is 7.63. The summed E-state index contributed by atoms with van der Waals surface area (Å²) in [6.07, 6.45) is -4.59. The van der Waals surface area contributed by atoms with Gasteiger partial charge in [0.05, 0.1) is 24.1 Å². The van der Waals surface area contributed by atoms with Crippen molar-refractivity contribution >= 4 is 11.6 Å². The van der Waals surface area contributed by atoms with Crippen LogP contribution in [-0.4, -0.2) is 18.2 Å². The van der Waals surface area contributed by atoms with Crippen LogP contribution in [0.15, 0.2) is 53.1 Å². The van der Waals surface area contributed by atoms with Gasteiger partial charge < -0.3 is 19.3 Å². The minimum Gasteiger partial charge on any atom is -0.497 e. The Bertz CT molecular complexity index is 999. The molecule has 1 heterocycles. The molecule has 146 valence electrons. The number of anilines is 1. The minimum atomic E-state index is -4.59. The van der Waals surface area contributed by atoms with Crippen molar-refractivity contribution in [2.75, 3.05) is 12.4 Å². The van der Waals surface area contributed by atoms with Crippen LogP contribution in [0.5, 0.6) is 17.2 Å². The monoisotopic (exact) mass is 392 g/mol. The first-order chi connectivity index (χ1) is 13.3. The van der Waals surface area contributed by atoms with Gasteiger partial charge in [0.25, 0.3) is 5.91 Å². The first kappa shape index (κ1) is 19.3. The predicted molar refractivity (Wildman–Crippen MR) is 93.7 cm³/mol. The lowest BCUT2D eigenvalue weighted by Crippen LogP contribution is -2.13. The van der Waals surface area contributed by atoms with E-state index >= 15 is 0 Å². The lowest BCUT2D eigenvalue weighted by molar-refractivity contribution is -0.137. The van der Waals surface area contributed by atoms with Gasteiger partial charge in [-0.3, -0.25) is 4.79 Å². The number of aryl methyl sites for hydroxylation is 1. The standard InChI is InChI=1S/C19H15F3N2O4/c1-11-8-17(28-24-11)18(25)23-15-9-12(19(20,21)22)6-7-16(15)27-14-5-3-4-13(10-14)26-2/h3-10H,1-2H3,(H,23,25). The predicted octanol–water partition coefficient (Wildman–Crippen LogP) is 5.06. The Balaban J connectivity index is 1.95. The number of alkyl halides is 3. The number of benzene rings is 2. The minimum absolute atomic E-state index is 0.0193. The van der Waals surface area contributed by atoms with Crippen molar-refractivity contribution in [3.8, 4) is 17.2 Å². The quantitative estimate of drug-likeness (QED) is 0.657. The Morgan fingerprint density at radius 1 is 1.11 bits per heavy atom. The molecular weight excluding hydrogens is 377 g/mol. The van der Waals surface area contributed by atoms with Crippen LogP contribution < -0.4 is 14.8 Å². The summed E-state index contributed by atoms with van der Waals surface area (Å²) in [4.78, 5) is 12.3. The zero-order valence-corrected chi connectivity index (χ0v) is 14.8. The van der Waals surface area contributed by atoms with Gasteiger partial charge in [-0.2, -0.15) is 13.2 Å². The number of nitrogens with one attached hydrogen (secondary N) is 1. The van der Waals surface area contributed by atoms with Gasteiger partial charge in [0, 0.05) is 12.1 Å². The smallest absolute Gasteiger partial charge is 0.416 e. The molecule has 9 heteroatoms. The maximum atomic E-state index is 13.1. The molecule has 0 aliphatic rings. The molecule has 0 bridgehead atoms. The van der Waals surface area contributed by atoms with E-state index in [1.54, 1.807) is 31.2 Å². The van der Waals surface area contributed by atoms with Crippen LogP contribution in [0.25, 0.3) is 0 Å². The maximum absolute atomic E-state index is 13.1. The van der Waals surface area contributed by atoms with Crippen LogP contribution in [0.2, 0.25) is 0 Å². The molecular formula is C19H15F3N2O4. The van der Waals surface area contributed by atoms with E-state index in [1.165, 1.54) is 13.2 Å². The maximum Gasteiger partial charge on any atom is 0.416 e. The fourth-order valence-electron chi connectivity index (χ4n) is 2.34. The molecule has 0 radical (unpaired) electrons. The van der Waals surface area contributed by atoms with E-state index < -0.39 is 17.6 Å². The lowest BCUT2D eigenvalue weighted by atomic mass is 10.1. The van der Waals surface area contributed by atoms with E-state index in [0.29, 0.717) is 17.2 Å². The highest BCUT2D eigenvalue weighted by Crippen LogP contribution is 2.37. The largest absolute Gasteiger partial charge is 0.497 e. The number of nitrogens with zero attached hydrogens (tertiary/aromatic N) is 1. The van der Waals surface area contributed by atoms with Gasteiger partial charge in [-0.1, -0.05) is 11.2 Å². The molecule has 1 amide bonds.